The SMILES string of the molecule is Cc1nc2ccc(-c3cnc(CCO)[nH]3)cc2[nH]1. The van der Waals surface area contributed by atoms with Crippen molar-refractivity contribution in [1.29, 1.82) is 0 Å². The van der Waals surface area contributed by atoms with Gasteiger partial charge in [0.2, 0.25) is 0 Å². The Morgan fingerprint density at radius 3 is 3.00 bits per heavy atom. The maximum atomic E-state index is 8.87. The standard InChI is InChI=1S/C13H14N4O/c1-8-15-10-3-2-9(6-11(10)16-8)12-7-14-13(17-12)4-5-18/h2-3,6-7,18H,4-5H2,1H3,(H,14,17)(H,15,16). The molecule has 5 heteroatoms. The monoisotopic (exact) mass is 242 g/mol. The van der Waals surface area contributed by atoms with Crippen molar-refractivity contribution in [2.24, 2.45) is 0 Å². The van der Waals surface area contributed by atoms with Gasteiger partial charge in [0, 0.05) is 12.0 Å². The van der Waals surface area contributed by atoms with Crippen LogP contribution in [0, 0.1) is 6.92 Å². The van der Waals surface area contributed by atoms with E-state index in [2.05, 4.69) is 19.9 Å². The highest BCUT2D eigenvalue weighted by Crippen LogP contribution is 2.21. The predicted molar refractivity (Wildman–Crippen MR) is 69.2 cm³/mol. The third kappa shape index (κ3) is 1.89. The van der Waals surface area contributed by atoms with Crippen molar-refractivity contribution in [3.63, 3.8) is 0 Å². The largest absolute Gasteiger partial charge is 0.396 e. The summed E-state index contributed by atoms with van der Waals surface area (Å²) >= 11 is 0. The number of aliphatic hydroxyl groups excluding tert-OH is 1. The lowest BCUT2D eigenvalue weighted by Crippen LogP contribution is -1.92. The van der Waals surface area contributed by atoms with Crippen LogP contribution in [0.25, 0.3) is 22.3 Å². The van der Waals surface area contributed by atoms with E-state index in [-0.39, 0.29) is 6.61 Å². The van der Waals surface area contributed by atoms with Crippen molar-refractivity contribution in [1.82, 2.24) is 19.9 Å². The van der Waals surface area contributed by atoms with Gasteiger partial charge in [0.1, 0.15) is 11.6 Å². The summed E-state index contributed by atoms with van der Waals surface area (Å²) in [7, 11) is 0. The predicted octanol–water partition coefficient (Wildman–Crippen LogP) is 1.80. The quantitative estimate of drug-likeness (QED) is 0.655. The molecule has 92 valence electrons. The van der Waals surface area contributed by atoms with Gasteiger partial charge in [0.05, 0.1) is 29.5 Å². The number of nitrogens with one attached hydrogen (secondary N) is 2. The first kappa shape index (κ1) is 11.0. The molecule has 1 aromatic carbocycles. The van der Waals surface area contributed by atoms with Crippen LogP contribution in [0.3, 0.4) is 0 Å². The van der Waals surface area contributed by atoms with Gasteiger partial charge in [-0.15, -0.1) is 0 Å². The molecular weight excluding hydrogens is 228 g/mol. The minimum absolute atomic E-state index is 0.103. The van der Waals surface area contributed by atoms with Gasteiger partial charge in [-0.05, 0) is 19.1 Å². The maximum Gasteiger partial charge on any atom is 0.108 e. The van der Waals surface area contributed by atoms with Gasteiger partial charge in [-0.2, -0.15) is 0 Å². The van der Waals surface area contributed by atoms with Gasteiger partial charge in [-0.25, -0.2) is 9.97 Å². The number of aryl methyl sites for hydroxylation is 1. The number of nitrogens with zero attached hydrogens (tertiary/aromatic N) is 2. The van der Waals surface area contributed by atoms with Crippen LogP contribution in [0.15, 0.2) is 24.4 Å². The summed E-state index contributed by atoms with van der Waals surface area (Å²) in [6, 6.07) is 6.05. The molecule has 0 atom stereocenters. The molecule has 0 unspecified atom stereocenters. The summed E-state index contributed by atoms with van der Waals surface area (Å²) in [5.41, 5.74) is 3.99. The van der Waals surface area contributed by atoms with Crippen LogP contribution in [0.2, 0.25) is 0 Å². The number of benzene rings is 1. The van der Waals surface area contributed by atoms with Crippen molar-refractivity contribution in [2.75, 3.05) is 6.61 Å². The average Bonchev–Trinajstić information content (AvgIpc) is 2.93. The Morgan fingerprint density at radius 1 is 1.28 bits per heavy atom. The topological polar surface area (TPSA) is 77.6 Å². The number of hydrogen-bond donors (Lipinski definition) is 3. The minimum Gasteiger partial charge on any atom is -0.396 e. The maximum absolute atomic E-state index is 8.87. The zero-order chi connectivity index (χ0) is 12.5. The number of hydrogen-bond acceptors (Lipinski definition) is 3. The van der Waals surface area contributed by atoms with Gasteiger partial charge in [-0.1, -0.05) is 6.07 Å². The number of aliphatic hydroxyl groups is 1. The Labute approximate surface area is 104 Å². The molecule has 0 spiro atoms. The smallest absolute Gasteiger partial charge is 0.108 e. The first-order valence-electron chi connectivity index (χ1n) is 5.88. The van der Waals surface area contributed by atoms with E-state index >= 15 is 0 Å². The van der Waals surface area contributed by atoms with Crippen molar-refractivity contribution in [3.8, 4) is 11.3 Å². The lowest BCUT2D eigenvalue weighted by atomic mass is 10.1. The Bertz CT molecular complexity index is 683. The van der Waals surface area contributed by atoms with Crippen LogP contribution < -0.4 is 0 Å². The van der Waals surface area contributed by atoms with Crippen LogP contribution >= 0.6 is 0 Å². The molecule has 3 aromatic rings. The molecule has 0 bridgehead atoms. The van der Waals surface area contributed by atoms with E-state index < -0.39 is 0 Å². The lowest BCUT2D eigenvalue weighted by molar-refractivity contribution is 0.297. The van der Waals surface area contributed by atoms with Crippen LogP contribution in [0.5, 0.6) is 0 Å². The summed E-state index contributed by atoms with van der Waals surface area (Å²) < 4.78 is 0. The number of fused-ring (bicyclic) bond motifs is 1. The number of rotatable bonds is 3. The van der Waals surface area contributed by atoms with E-state index in [0.717, 1.165) is 33.9 Å². The Morgan fingerprint density at radius 2 is 2.17 bits per heavy atom. The van der Waals surface area contributed by atoms with E-state index in [9.17, 15) is 0 Å². The van der Waals surface area contributed by atoms with Crippen molar-refractivity contribution in [2.45, 2.75) is 13.3 Å². The molecule has 18 heavy (non-hydrogen) atoms. The highest BCUT2D eigenvalue weighted by atomic mass is 16.3. The number of aromatic nitrogens is 4. The van der Waals surface area contributed by atoms with Crippen molar-refractivity contribution < 1.29 is 5.11 Å². The van der Waals surface area contributed by atoms with Crippen molar-refractivity contribution >= 4 is 11.0 Å². The lowest BCUT2D eigenvalue weighted by Gasteiger charge is -1.97. The summed E-state index contributed by atoms with van der Waals surface area (Å²) in [6.45, 7) is 2.04. The number of aromatic amines is 2. The minimum atomic E-state index is 0.103. The zero-order valence-corrected chi connectivity index (χ0v) is 10.1. The van der Waals surface area contributed by atoms with Crippen molar-refractivity contribution in [3.05, 3.63) is 36.0 Å². The average molecular weight is 242 g/mol. The molecule has 0 radical (unpaired) electrons. The molecule has 2 aromatic heterocycles. The second-order valence-electron chi connectivity index (χ2n) is 4.27. The van der Waals surface area contributed by atoms with Crippen LogP contribution in [-0.2, 0) is 6.42 Å². The first-order valence-corrected chi connectivity index (χ1v) is 5.88. The van der Waals surface area contributed by atoms with Crippen LogP contribution in [-0.4, -0.2) is 31.6 Å². The van der Waals surface area contributed by atoms with Gasteiger partial charge >= 0.3 is 0 Å². The van der Waals surface area contributed by atoms with Gasteiger partial charge in [0.25, 0.3) is 0 Å². The first-order chi connectivity index (χ1) is 8.76. The molecule has 0 saturated heterocycles. The number of H-pyrrole nitrogens is 2. The highest BCUT2D eigenvalue weighted by Gasteiger charge is 2.05. The third-order valence-electron chi connectivity index (χ3n) is 2.89. The molecule has 5 nitrogen and oxygen atoms in total. The highest BCUT2D eigenvalue weighted by molar-refractivity contribution is 5.81. The number of imidazole rings is 2. The second kappa shape index (κ2) is 4.27. The zero-order valence-electron chi connectivity index (χ0n) is 10.1. The van der Waals surface area contributed by atoms with E-state index in [0.29, 0.717) is 6.42 Å². The van der Waals surface area contributed by atoms with Crippen LogP contribution in [0.4, 0.5) is 0 Å². The summed E-state index contributed by atoms with van der Waals surface area (Å²) in [5.74, 6) is 1.71. The summed E-state index contributed by atoms with van der Waals surface area (Å²) in [6.07, 6.45) is 2.33. The molecule has 3 N–H and O–H groups in total. The molecule has 0 aliphatic heterocycles. The second-order valence-corrected chi connectivity index (χ2v) is 4.27. The van der Waals surface area contributed by atoms with Crippen LogP contribution in [0.1, 0.15) is 11.6 Å². The fraction of sp³-hybridized carbons (Fsp3) is 0.231. The van der Waals surface area contributed by atoms with Gasteiger partial charge in [0.15, 0.2) is 0 Å². The van der Waals surface area contributed by atoms with E-state index in [4.69, 9.17) is 5.11 Å². The molecule has 0 aliphatic carbocycles. The van der Waals surface area contributed by atoms with E-state index in [1.165, 1.54) is 0 Å². The molecular formula is C13H14N4O. The molecule has 0 amide bonds. The fourth-order valence-corrected chi connectivity index (χ4v) is 2.05. The molecule has 3 rings (SSSR count). The molecule has 2 heterocycles. The Kier molecular flexibility index (Phi) is 2.60. The molecule has 0 fully saturated rings. The van der Waals surface area contributed by atoms with E-state index in [1.54, 1.807) is 6.20 Å². The normalized spacial score (nSPS) is 11.2. The van der Waals surface area contributed by atoms with Gasteiger partial charge in [-0.3, -0.25) is 0 Å². The summed E-state index contributed by atoms with van der Waals surface area (Å²) in [5, 5.41) is 8.87. The fourth-order valence-electron chi connectivity index (χ4n) is 2.05. The Balaban J connectivity index is 2.01. The molecule has 0 aliphatic rings. The molecule has 0 saturated carbocycles. The summed E-state index contributed by atoms with van der Waals surface area (Å²) in [4.78, 5) is 15.0. The third-order valence-corrected chi connectivity index (χ3v) is 2.89. The Hall–Kier alpha value is -2.14. The van der Waals surface area contributed by atoms with E-state index in [1.807, 2.05) is 25.1 Å². The van der Waals surface area contributed by atoms with Gasteiger partial charge < -0.3 is 15.1 Å².